The Morgan fingerprint density at radius 3 is 3.09 bits per heavy atom. The minimum atomic E-state index is 0.223. The van der Waals surface area contributed by atoms with E-state index < -0.39 is 0 Å². The fraction of sp³-hybridized carbons (Fsp3) is 0.533. The molecule has 118 valence electrons. The van der Waals surface area contributed by atoms with Gasteiger partial charge in [0.05, 0.1) is 19.2 Å². The van der Waals surface area contributed by atoms with E-state index in [2.05, 4.69) is 32.6 Å². The summed E-state index contributed by atoms with van der Waals surface area (Å²) >= 11 is 0. The Balaban J connectivity index is 1.56. The first-order valence-corrected chi connectivity index (χ1v) is 7.70. The molecule has 0 aliphatic carbocycles. The van der Waals surface area contributed by atoms with Crippen LogP contribution in [0.1, 0.15) is 19.8 Å². The van der Waals surface area contributed by atoms with Crippen LogP contribution in [0.15, 0.2) is 30.9 Å². The monoisotopic (exact) mass is 302 g/mol. The maximum absolute atomic E-state index is 5.48. The van der Waals surface area contributed by atoms with Gasteiger partial charge in [0.2, 0.25) is 0 Å². The zero-order chi connectivity index (χ0) is 15.2. The summed E-state index contributed by atoms with van der Waals surface area (Å²) < 4.78 is 7.38. The number of hydrogen-bond donors (Lipinski definition) is 2. The standard InChI is InChI=1S/C15H22N6O/c1-12(9-21-6-3-5-18-21)19-14-8-15(17-11-16-14)20-13-4-2-7-22-10-13/h3,5-6,8,11-13H,2,4,7,9-10H2,1H3,(H2,16,17,19,20)/t12-,13-/m1/s1. The summed E-state index contributed by atoms with van der Waals surface area (Å²) in [5, 5.41) is 11.0. The SMILES string of the molecule is C[C@H](Cn1cccn1)Nc1cc(N[C@@H]2CCCOC2)ncn1. The van der Waals surface area contributed by atoms with E-state index in [0.717, 1.165) is 44.2 Å². The van der Waals surface area contributed by atoms with Crippen molar-refractivity contribution in [2.45, 2.75) is 38.4 Å². The van der Waals surface area contributed by atoms with Gasteiger partial charge in [0.25, 0.3) is 0 Å². The van der Waals surface area contributed by atoms with Gasteiger partial charge in [-0.25, -0.2) is 9.97 Å². The summed E-state index contributed by atoms with van der Waals surface area (Å²) in [5.74, 6) is 1.65. The lowest BCUT2D eigenvalue weighted by molar-refractivity contribution is 0.0875. The van der Waals surface area contributed by atoms with Gasteiger partial charge < -0.3 is 15.4 Å². The molecule has 1 aliphatic rings. The second kappa shape index (κ2) is 7.22. The second-order valence-corrected chi connectivity index (χ2v) is 5.62. The Kier molecular flexibility index (Phi) is 4.85. The first kappa shape index (κ1) is 14.8. The number of nitrogens with one attached hydrogen (secondary N) is 2. The van der Waals surface area contributed by atoms with Gasteiger partial charge in [0.1, 0.15) is 18.0 Å². The van der Waals surface area contributed by atoms with Crippen molar-refractivity contribution < 1.29 is 4.74 Å². The van der Waals surface area contributed by atoms with Crippen molar-refractivity contribution in [1.82, 2.24) is 19.7 Å². The number of hydrogen-bond acceptors (Lipinski definition) is 6. The van der Waals surface area contributed by atoms with Crippen LogP contribution in [0.2, 0.25) is 0 Å². The topological polar surface area (TPSA) is 76.9 Å². The third kappa shape index (κ3) is 4.17. The van der Waals surface area contributed by atoms with Crippen LogP contribution in [0.4, 0.5) is 11.6 Å². The number of rotatable bonds is 6. The fourth-order valence-electron chi connectivity index (χ4n) is 2.57. The molecule has 2 N–H and O–H groups in total. The van der Waals surface area contributed by atoms with Crippen LogP contribution >= 0.6 is 0 Å². The van der Waals surface area contributed by atoms with Crippen LogP contribution in [0.25, 0.3) is 0 Å². The average molecular weight is 302 g/mol. The zero-order valence-electron chi connectivity index (χ0n) is 12.8. The molecule has 0 radical (unpaired) electrons. The molecule has 3 rings (SSSR count). The van der Waals surface area contributed by atoms with Crippen molar-refractivity contribution in [3.05, 3.63) is 30.9 Å². The summed E-state index contributed by atoms with van der Waals surface area (Å²) in [4.78, 5) is 8.56. The molecule has 22 heavy (non-hydrogen) atoms. The Morgan fingerprint density at radius 2 is 2.32 bits per heavy atom. The lowest BCUT2D eigenvalue weighted by atomic mass is 10.1. The first-order valence-electron chi connectivity index (χ1n) is 7.70. The summed E-state index contributed by atoms with van der Waals surface area (Å²) in [6, 6.07) is 4.42. The molecule has 2 atom stereocenters. The summed E-state index contributed by atoms with van der Waals surface area (Å²) in [6.07, 6.45) is 7.52. The van der Waals surface area contributed by atoms with E-state index in [9.17, 15) is 0 Å². The minimum absolute atomic E-state index is 0.223. The molecule has 0 spiro atoms. The van der Waals surface area contributed by atoms with Gasteiger partial charge in [0, 0.05) is 31.1 Å². The molecule has 0 aromatic carbocycles. The highest BCUT2D eigenvalue weighted by molar-refractivity contribution is 5.47. The highest BCUT2D eigenvalue weighted by atomic mass is 16.5. The predicted octanol–water partition coefficient (Wildman–Crippen LogP) is 1.76. The third-order valence-corrected chi connectivity index (χ3v) is 3.59. The maximum Gasteiger partial charge on any atom is 0.131 e. The molecule has 7 nitrogen and oxygen atoms in total. The van der Waals surface area contributed by atoms with Gasteiger partial charge in [-0.2, -0.15) is 5.10 Å². The Hall–Kier alpha value is -2.15. The lowest BCUT2D eigenvalue weighted by Gasteiger charge is -2.23. The first-order chi connectivity index (χ1) is 10.8. The molecular formula is C15H22N6O. The minimum Gasteiger partial charge on any atom is -0.379 e. The van der Waals surface area contributed by atoms with E-state index in [4.69, 9.17) is 4.74 Å². The highest BCUT2D eigenvalue weighted by Gasteiger charge is 2.14. The van der Waals surface area contributed by atoms with E-state index in [1.165, 1.54) is 0 Å². The second-order valence-electron chi connectivity index (χ2n) is 5.62. The normalized spacial score (nSPS) is 19.6. The Labute approximate surface area is 130 Å². The van der Waals surface area contributed by atoms with Crippen LogP contribution in [-0.4, -0.2) is 45.0 Å². The van der Waals surface area contributed by atoms with Crippen LogP contribution in [0.3, 0.4) is 0 Å². The Bertz CT molecular complexity index is 567. The van der Waals surface area contributed by atoms with Gasteiger partial charge in [-0.3, -0.25) is 4.68 Å². The van der Waals surface area contributed by atoms with Gasteiger partial charge in [-0.1, -0.05) is 0 Å². The summed E-state index contributed by atoms with van der Waals surface area (Å²) in [6.45, 7) is 4.49. The molecule has 3 heterocycles. The van der Waals surface area contributed by atoms with Crippen LogP contribution in [-0.2, 0) is 11.3 Å². The molecule has 1 fully saturated rings. The third-order valence-electron chi connectivity index (χ3n) is 3.59. The van der Waals surface area contributed by atoms with E-state index in [1.807, 2.05) is 23.0 Å². The van der Waals surface area contributed by atoms with Crippen LogP contribution in [0, 0.1) is 0 Å². The molecule has 2 aromatic rings. The summed E-state index contributed by atoms with van der Waals surface area (Å²) in [7, 11) is 0. The molecule has 7 heteroatoms. The molecule has 0 unspecified atom stereocenters. The van der Waals surface area contributed by atoms with E-state index in [-0.39, 0.29) is 6.04 Å². The van der Waals surface area contributed by atoms with Crippen molar-refractivity contribution in [2.75, 3.05) is 23.8 Å². The quantitative estimate of drug-likeness (QED) is 0.847. The molecule has 0 bridgehead atoms. The molecule has 0 amide bonds. The molecule has 1 saturated heterocycles. The number of nitrogens with zero attached hydrogens (tertiary/aromatic N) is 4. The smallest absolute Gasteiger partial charge is 0.131 e. The Morgan fingerprint density at radius 1 is 1.41 bits per heavy atom. The van der Waals surface area contributed by atoms with Crippen molar-refractivity contribution in [3.63, 3.8) is 0 Å². The van der Waals surface area contributed by atoms with Crippen molar-refractivity contribution in [3.8, 4) is 0 Å². The molecule has 0 saturated carbocycles. The van der Waals surface area contributed by atoms with E-state index >= 15 is 0 Å². The fourth-order valence-corrected chi connectivity index (χ4v) is 2.57. The van der Waals surface area contributed by atoms with Crippen molar-refractivity contribution in [2.24, 2.45) is 0 Å². The maximum atomic E-state index is 5.48. The predicted molar refractivity (Wildman–Crippen MR) is 84.8 cm³/mol. The van der Waals surface area contributed by atoms with Gasteiger partial charge in [-0.15, -0.1) is 0 Å². The van der Waals surface area contributed by atoms with E-state index in [0.29, 0.717) is 6.04 Å². The van der Waals surface area contributed by atoms with Crippen molar-refractivity contribution >= 4 is 11.6 Å². The molecular weight excluding hydrogens is 280 g/mol. The average Bonchev–Trinajstić information content (AvgIpc) is 3.01. The van der Waals surface area contributed by atoms with Crippen molar-refractivity contribution in [1.29, 1.82) is 0 Å². The molecule has 1 aliphatic heterocycles. The van der Waals surface area contributed by atoms with Gasteiger partial charge in [0.15, 0.2) is 0 Å². The van der Waals surface area contributed by atoms with Gasteiger partial charge >= 0.3 is 0 Å². The zero-order valence-corrected chi connectivity index (χ0v) is 12.8. The van der Waals surface area contributed by atoms with Crippen LogP contribution in [0.5, 0.6) is 0 Å². The highest BCUT2D eigenvalue weighted by Crippen LogP contribution is 2.15. The van der Waals surface area contributed by atoms with Gasteiger partial charge in [-0.05, 0) is 25.8 Å². The largest absolute Gasteiger partial charge is 0.379 e. The van der Waals surface area contributed by atoms with E-state index in [1.54, 1.807) is 12.5 Å². The number of ether oxygens (including phenoxy) is 1. The van der Waals surface area contributed by atoms with Crippen LogP contribution < -0.4 is 10.6 Å². The lowest BCUT2D eigenvalue weighted by Crippen LogP contribution is -2.30. The number of anilines is 2. The summed E-state index contributed by atoms with van der Waals surface area (Å²) in [5.41, 5.74) is 0. The number of aromatic nitrogens is 4. The molecule has 2 aromatic heterocycles.